The van der Waals surface area contributed by atoms with Crippen LogP contribution in [0.15, 0.2) is 30.3 Å². The molecular formula is C18H28N2O. The molecule has 0 bridgehead atoms. The predicted molar refractivity (Wildman–Crippen MR) is 86.4 cm³/mol. The summed E-state index contributed by atoms with van der Waals surface area (Å²) in [6.07, 6.45) is 3.94. The maximum Gasteiger partial charge on any atom is 0.0593 e. The second-order valence-corrected chi connectivity index (χ2v) is 6.45. The van der Waals surface area contributed by atoms with Crippen molar-refractivity contribution in [2.45, 2.75) is 38.3 Å². The minimum atomic E-state index is 0.485. The molecule has 1 aromatic carbocycles. The molecule has 3 rings (SSSR count). The van der Waals surface area contributed by atoms with Gasteiger partial charge in [-0.3, -0.25) is 4.90 Å². The number of benzene rings is 1. The van der Waals surface area contributed by atoms with Gasteiger partial charge in [-0.2, -0.15) is 0 Å². The molecule has 1 aliphatic carbocycles. The van der Waals surface area contributed by atoms with E-state index in [4.69, 9.17) is 4.74 Å². The SMILES string of the molecule is CCC1CN(CCOCC2CC2)C(c2ccccc2)CN1. The molecule has 3 nitrogen and oxygen atoms in total. The molecule has 0 spiro atoms. The lowest BCUT2D eigenvalue weighted by Crippen LogP contribution is -2.52. The van der Waals surface area contributed by atoms with Gasteiger partial charge in [0, 0.05) is 38.3 Å². The fourth-order valence-electron chi connectivity index (χ4n) is 3.12. The highest BCUT2D eigenvalue weighted by Crippen LogP contribution is 2.29. The van der Waals surface area contributed by atoms with Crippen molar-refractivity contribution in [3.8, 4) is 0 Å². The first-order valence-electron chi connectivity index (χ1n) is 8.47. The zero-order chi connectivity index (χ0) is 14.5. The van der Waals surface area contributed by atoms with Gasteiger partial charge in [-0.25, -0.2) is 0 Å². The average molecular weight is 288 g/mol. The first kappa shape index (κ1) is 15.0. The van der Waals surface area contributed by atoms with Crippen LogP contribution in [0, 0.1) is 5.92 Å². The van der Waals surface area contributed by atoms with E-state index in [-0.39, 0.29) is 0 Å². The molecule has 0 radical (unpaired) electrons. The van der Waals surface area contributed by atoms with Crippen LogP contribution in [-0.2, 0) is 4.74 Å². The number of rotatable bonds is 7. The van der Waals surface area contributed by atoms with Crippen LogP contribution in [-0.4, -0.2) is 43.8 Å². The fourth-order valence-corrected chi connectivity index (χ4v) is 3.12. The zero-order valence-corrected chi connectivity index (χ0v) is 13.1. The van der Waals surface area contributed by atoms with E-state index in [1.807, 2.05) is 0 Å². The average Bonchev–Trinajstić information content (AvgIpc) is 3.36. The van der Waals surface area contributed by atoms with Gasteiger partial charge in [0.2, 0.25) is 0 Å². The zero-order valence-electron chi connectivity index (χ0n) is 13.1. The summed E-state index contributed by atoms with van der Waals surface area (Å²) in [5, 5.41) is 3.68. The van der Waals surface area contributed by atoms with Crippen LogP contribution in [0.4, 0.5) is 0 Å². The second kappa shape index (κ2) is 7.39. The highest BCUT2D eigenvalue weighted by Gasteiger charge is 2.28. The Balaban J connectivity index is 1.56. The van der Waals surface area contributed by atoms with Gasteiger partial charge in [0.15, 0.2) is 0 Å². The lowest BCUT2D eigenvalue weighted by molar-refractivity contribution is 0.0604. The van der Waals surface area contributed by atoms with E-state index in [1.165, 1.54) is 24.8 Å². The molecule has 1 aromatic rings. The minimum Gasteiger partial charge on any atom is -0.380 e. The number of hydrogen-bond donors (Lipinski definition) is 1. The van der Waals surface area contributed by atoms with Gasteiger partial charge in [0.05, 0.1) is 6.61 Å². The third kappa shape index (κ3) is 4.29. The molecule has 1 heterocycles. The molecular weight excluding hydrogens is 260 g/mol. The number of nitrogens with one attached hydrogen (secondary N) is 1. The fraction of sp³-hybridized carbons (Fsp3) is 0.667. The number of nitrogens with zero attached hydrogens (tertiary/aromatic N) is 1. The highest BCUT2D eigenvalue weighted by molar-refractivity contribution is 5.20. The van der Waals surface area contributed by atoms with Crippen molar-refractivity contribution in [3.63, 3.8) is 0 Å². The predicted octanol–water partition coefficient (Wildman–Crippen LogP) is 2.84. The van der Waals surface area contributed by atoms with Crippen molar-refractivity contribution in [2.75, 3.05) is 32.8 Å². The Morgan fingerprint density at radius 1 is 1.24 bits per heavy atom. The van der Waals surface area contributed by atoms with Gasteiger partial charge in [-0.05, 0) is 30.7 Å². The summed E-state index contributed by atoms with van der Waals surface area (Å²) in [4.78, 5) is 2.60. The van der Waals surface area contributed by atoms with Crippen LogP contribution < -0.4 is 5.32 Å². The van der Waals surface area contributed by atoms with Crippen LogP contribution in [0.1, 0.15) is 37.8 Å². The molecule has 2 aliphatic rings. The van der Waals surface area contributed by atoms with Gasteiger partial charge in [0.25, 0.3) is 0 Å². The van der Waals surface area contributed by atoms with Gasteiger partial charge in [-0.1, -0.05) is 37.3 Å². The molecule has 2 atom stereocenters. The van der Waals surface area contributed by atoms with Crippen molar-refractivity contribution in [1.82, 2.24) is 10.2 Å². The first-order valence-corrected chi connectivity index (χ1v) is 8.47. The maximum atomic E-state index is 5.85. The van der Waals surface area contributed by atoms with Crippen molar-refractivity contribution < 1.29 is 4.74 Å². The smallest absolute Gasteiger partial charge is 0.0593 e. The van der Waals surface area contributed by atoms with Crippen LogP contribution in [0.5, 0.6) is 0 Å². The Labute approximate surface area is 128 Å². The van der Waals surface area contributed by atoms with Gasteiger partial charge >= 0.3 is 0 Å². The number of hydrogen-bond acceptors (Lipinski definition) is 3. The van der Waals surface area contributed by atoms with Crippen LogP contribution in [0.3, 0.4) is 0 Å². The lowest BCUT2D eigenvalue weighted by Gasteiger charge is -2.40. The third-order valence-corrected chi connectivity index (χ3v) is 4.75. The lowest BCUT2D eigenvalue weighted by atomic mass is 10.0. The summed E-state index contributed by atoms with van der Waals surface area (Å²) in [6.45, 7) is 7.33. The number of ether oxygens (including phenoxy) is 1. The van der Waals surface area contributed by atoms with Crippen molar-refractivity contribution >= 4 is 0 Å². The van der Waals surface area contributed by atoms with Crippen molar-refractivity contribution in [1.29, 1.82) is 0 Å². The third-order valence-electron chi connectivity index (χ3n) is 4.75. The van der Waals surface area contributed by atoms with E-state index in [1.54, 1.807) is 0 Å². The Kier molecular flexibility index (Phi) is 5.28. The summed E-state index contributed by atoms with van der Waals surface area (Å²) < 4.78 is 5.85. The summed E-state index contributed by atoms with van der Waals surface area (Å²) in [6, 6.07) is 12.0. The van der Waals surface area contributed by atoms with Gasteiger partial charge < -0.3 is 10.1 Å². The van der Waals surface area contributed by atoms with E-state index >= 15 is 0 Å². The molecule has 1 aliphatic heterocycles. The van der Waals surface area contributed by atoms with E-state index in [9.17, 15) is 0 Å². The molecule has 21 heavy (non-hydrogen) atoms. The molecule has 3 heteroatoms. The molecule has 2 fully saturated rings. The second-order valence-electron chi connectivity index (χ2n) is 6.45. The Morgan fingerprint density at radius 3 is 2.76 bits per heavy atom. The van der Waals surface area contributed by atoms with Gasteiger partial charge in [0.1, 0.15) is 0 Å². The topological polar surface area (TPSA) is 24.5 Å². The van der Waals surface area contributed by atoms with Crippen LogP contribution in [0.25, 0.3) is 0 Å². The monoisotopic (exact) mass is 288 g/mol. The molecule has 1 N–H and O–H groups in total. The largest absolute Gasteiger partial charge is 0.380 e. The van der Waals surface area contributed by atoms with E-state index in [2.05, 4.69) is 47.5 Å². The summed E-state index contributed by atoms with van der Waals surface area (Å²) in [5.41, 5.74) is 1.42. The molecule has 2 unspecified atom stereocenters. The Bertz CT molecular complexity index is 418. The molecule has 1 saturated carbocycles. The van der Waals surface area contributed by atoms with Crippen molar-refractivity contribution in [2.24, 2.45) is 5.92 Å². The van der Waals surface area contributed by atoms with Crippen LogP contribution >= 0.6 is 0 Å². The van der Waals surface area contributed by atoms with Gasteiger partial charge in [-0.15, -0.1) is 0 Å². The van der Waals surface area contributed by atoms with E-state index < -0.39 is 0 Å². The number of piperazine rings is 1. The Morgan fingerprint density at radius 2 is 2.05 bits per heavy atom. The molecule has 1 saturated heterocycles. The summed E-state index contributed by atoms with van der Waals surface area (Å²) >= 11 is 0. The van der Waals surface area contributed by atoms with E-state index in [0.717, 1.165) is 38.8 Å². The van der Waals surface area contributed by atoms with Crippen LogP contribution in [0.2, 0.25) is 0 Å². The standard InChI is InChI=1S/C18H28N2O/c1-2-17-13-20(10-11-21-14-15-8-9-15)18(12-19-17)16-6-4-3-5-7-16/h3-7,15,17-19H,2,8-14H2,1H3. The Hall–Kier alpha value is -0.900. The summed E-state index contributed by atoms with van der Waals surface area (Å²) in [7, 11) is 0. The van der Waals surface area contributed by atoms with Crippen molar-refractivity contribution in [3.05, 3.63) is 35.9 Å². The highest BCUT2D eigenvalue weighted by atomic mass is 16.5. The normalized spacial score (nSPS) is 26.9. The quantitative estimate of drug-likeness (QED) is 0.781. The molecule has 116 valence electrons. The maximum absolute atomic E-state index is 5.85. The minimum absolute atomic E-state index is 0.485. The molecule has 0 amide bonds. The summed E-state index contributed by atoms with van der Waals surface area (Å²) in [5.74, 6) is 0.862. The first-order chi connectivity index (χ1) is 10.4. The molecule has 0 aromatic heterocycles. The van der Waals surface area contributed by atoms with E-state index in [0.29, 0.717) is 12.1 Å².